The molecule has 3 rings (SSSR count). The van der Waals surface area contributed by atoms with E-state index in [1.807, 2.05) is 0 Å². The Labute approximate surface area is 249 Å². The van der Waals surface area contributed by atoms with Gasteiger partial charge in [-0.3, -0.25) is 0 Å². The standard InChI is InChI=1S/C33H46N2.2CH3.Pd/c1-5-9-12-15-26-18-22-28(23-19-26)32-30(8-4)31(17-14-11-7-3)33(35(32)34)29-24-20-27(21-25-29)16-13-10-6-2;;;/h18-25H,5-17H2,1-4H3;2*1H3;/q;2*-1;+2. The molecule has 1 heterocycles. The van der Waals surface area contributed by atoms with Crippen molar-refractivity contribution in [1.29, 1.82) is 0 Å². The van der Waals surface area contributed by atoms with Crippen LogP contribution in [-0.4, -0.2) is 4.70 Å². The van der Waals surface area contributed by atoms with E-state index >= 15 is 0 Å². The average Bonchev–Trinajstić information content (AvgIpc) is 3.16. The van der Waals surface area contributed by atoms with Gasteiger partial charge >= 0.3 is 20.4 Å². The Kier molecular flexibility index (Phi) is 18.4. The van der Waals surface area contributed by atoms with Crippen LogP contribution >= 0.6 is 0 Å². The van der Waals surface area contributed by atoms with E-state index in [9.17, 15) is 5.53 Å². The SMILES string of the molecule is CCCCCC1=C(c2ccc(CCCCC)cc2)[N+](=[N-])C(c2ccc(CCCCC)cc2)=C1CC.[CH3-].[CH3-].[Pd+2]. The number of unbranched alkanes of at least 4 members (excludes halogenated alkanes) is 6. The molecule has 0 aromatic heterocycles. The molecule has 0 saturated carbocycles. The van der Waals surface area contributed by atoms with E-state index in [2.05, 4.69) is 76.2 Å². The second kappa shape index (κ2) is 19.3. The molecule has 0 radical (unpaired) electrons. The van der Waals surface area contributed by atoms with Crippen LogP contribution in [0.4, 0.5) is 0 Å². The van der Waals surface area contributed by atoms with E-state index in [-0.39, 0.29) is 35.3 Å². The van der Waals surface area contributed by atoms with Crippen LogP contribution < -0.4 is 0 Å². The van der Waals surface area contributed by atoms with Crippen molar-refractivity contribution in [2.24, 2.45) is 0 Å². The Morgan fingerprint density at radius 3 is 1.26 bits per heavy atom. The van der Waals surface area contributed by atoms with Gasteiger partial charge in [0.2, 0.25) is 11.4 Å². The van der Waals surface area contributed by atoms with Gasteiger partial charge in [0.05, 0.1) is 0 Å². The van der Waals surface area contributed by atoms with E-state index in [0.717, 1.165) is 54.6 Å². The van der Waals surface area contributed by atoms with E-state index in [1.54, 1.807) is 0 Å². The van der Waals surface area contributed by atoms with Gasteiger partial charge in [0.15, 0.2) is 0 Å². The van der Waals surface area contributed by atoms with E-state index in [4.69, 9.17) is 0 Å². The zero-order valence-electron chi connectivity index (χ0n) is 25.0. The van der Waals surface area contributed by atoms with Crippen LogP contribution in [0.25, 0.3) is 16.9 Å². The molecule has 1 aliphatic rings. The maximum Gasteiger partial charge on any atom is 2.00 e. The molecule has 0 aliphatic carbocycles. The normalized spacial score (nSPS) is 12.8. The number of aryl methyl sites for hydroxylation is 2. The largest absolute Gasteiger partial charge is 2.00 e. The smallest absolute Gasteiger partial charge is 0.493 e. The monoisotopic (exact) mass is 606 g/mol. The second-order valence-electron chi connectivity index (χ2n) is 10.1. The van der Waals surface area contributed by atoms with Crippen molar-refractivity contribution >= 4 is 11.4 Å². The first-order chi connectivity index (χ1) is 17.1. The molecule has 2 nitrogen and oxygen atoms in total. The number of hydrogen-bond acceptors (Lipinski definition) is 0. The van der Waals surface area contributed by atoms with E-state index in [1.165, 1.54) is 78.3 Å². The summed E-state index contributed by atoms with van der Waals surface area (Å²) in [6.07, 6.45) is 15.3. The molecule has 3 heteroatoms. The van der Waals surface area contributed by atoms with Crippen LogP contribution in [0, 0.1) is 14.9 Å². The summed E-state index contributed by atoms with van der Waals surface area (Å²) in [5.41, 5.74) is 21.2. The van der Waals surface area contributed by atoms with Gasteiger partial charge in [-0.2, -0.15) is 0 Å². The number of rotatable bonds is 15. The van der Waals surface area contributed by atoms with Crippen molar-refractivity contribution < 1.29 is 25.1 Å². The summed E-state index contributed by atoms with van der Waals surface area (Å²) in [6, 6.07) is 17.9. The molecule has 2 aromatic rings. The fraction of sp³-hybridized carbons (Fsp3) is 0.486. The van der Waals surface area contributed by atoms with Gasteiger partial charge < -0.3 is 20.4 Å². The molecule has 0 N–H and O–H groups in total. The Bertz CT molecular complexity index is 1010. The fourth-order valence-electron chi connectivity index (χ4n) is 5.27. The summed E-state index contributed by atoms with van der Waals surface area (Å²) in [7, 11) is 0. The number of allylic oxidation sites excluding steroid dienone is 2. The zero-order valence-corrected chi connectivity index (χ0v) is 26.6. The predicted molar refractivity (Wildman–Crippen MR) is 164 cm³/mol. The predicted octanol–water partition coefficient (Wildman–Crippen LogP) is 11.2. The summed E-state index contributed by atoms with van der Waals surface area (Å²) >= 11 is 0. The number of hydrogen-bond donors (Lipinski definition) is 0. The average molecular weight is 607 g/mol. The minimum Gasteiger partial charge on any atom is -0.493 e. The van der Waals surface area contributed by atoms with Gasteiger partial charge in [-0.05, 0) is 80.3 Å². The molecule has 0 bridgehead atoms. The van der Waals surface area contributed by atoms with E-state index < -0.39 is 0 Å². The first kappa shape index (κ1) is 36.2. The van der Waals surface area contributed by atoms with Gasteiger partial charge in [0.1, 0.15) is 0 Å². The Morgan fingerprint density at radius 1 is 0.526 bits per heavy atom. The zero-order chi connectivity index (χ0) is 25.0. The van der Waals surface area contributed by atoms with Crippen LogP contribution in [0.1, 0.15) is 121 Å². The topological polar surface area (TPSA) is 25.3 Å². The fourth-order valence-corrected chi connectivity index (χ4v) is 5.27. The molecular formula is C35H52N2Pd. The van der Waals surface area contributed by atoms with E-state index in [0.29, 0.717) is 0 Å². The molecule has 0 fully saturated rings. The van der Waals surface area contributed by atoms with Gasteiger partial charge in [-0.25, -0.2) is 4.70 Å². The third-order valence-electron chi connectivity index (χ3n) is 7.34. The molecule has 0 amide bonds. The Hall–Kier alpha value is -1.82. The van der Waals surface area contributed by atoms with Crippen molar-refractivity contribution in [2.75, 3.05) is 0 Å². The molecule has 0 unspecified atom stereocenters. The summed E-state index contributed by atoms with van der Waals surface area (Å²) in [4.78, 5) is 0. The maximum atomic E-state index is 11.6. The molecule has 0 saturated heterocycles. The van der Waals surface area contributed by atoms with Crippen LogP contribution in [-0.2, 0) is 33.3 Å². The third-order valence-corrected chi connectivity index (χ3v) is 7.34. The van der Waals surface area contributed by atoms with Gasteiger partial charge in [0.25, 0.3) is 0 Å². The molecule has 0 atom stereocenters. The van der Waals surface area contributed by atoms with Crippen LogP contribution in [0.5, 0.6) is 0 Å². The Balaban J connectivity index is 0.00000456. The quantitative estimate of drug-likeness (QED) is 0.0834. The van der Waals surface area contributed by atoms with Gasteiger partial charge in [0, 0.05) is 22.3 Å². The van der Waals surface area contributed by atoms with Crippen molar-refractivity contribution in [3.05, 3.63) is 102 Å². The van der Waals surface area contributed by atoms with Crippen LogP contribution in [0.2, 0.25) is 0 Å². The van der Waals surface area contributed by atoms with Gasteiger partial charge in [-0.1, -0.05) is 90.5 Å². The Morgan fingerprint density at radius 2 is 0.895 bits per heavy atom. The number of benzene rings is 2. The molecule has 38 heavy (non-hydrogen) atoms. The minimum absolute atomic E-state index is 0. The van der Waals surface area contributed by atoms with Crippen LogP contribution in [0.3, 0.4) is 0 Å². The van der Waals surface area contributed by atoms with Crippen molar-refractivity contribution in [3.8, 4) is 0 Å². The van der Waals surface area contributed by atoms with Crippen molar-refractivity contribution in [2.45, 2.75) is 111 Å². The summed E-state index contributed by atoms with van der Waals surface area (Å²) in [5, 5.41) is 0. The number of nitrogens with zero attached hydrogens (tertiary/aromatic N) is 2. The summed E-state index contributed by atoms with van der Waals surface area (Å²) in [6.45, 7) is 8.98. The summed E-state index contributed by atoms with van der Waals surface area (Å²) in [5.74, 6) is 0. The second-order valence-corrected chi connectivity index (χ2v) is 10.1. The van der Waals surface area contributed by atoms with Gasteiger partial charge in [-0.15, -0.1) is 0 Å². The van der Waals surface area contributed by atoms with Crippen molar-refractivity contribution in [3.63, 3.8) is 0 Å². The molecule has 2 aromatic carbocycles. The van der Waals surface area contributed by atoms with Crippen LogP contribution in [0.15, 0.2) is 59.7 Å². The molecule has 1 aliphatic heterocycles. The summed E-state index contributed by atoms with van der Waals surface area (Å²) < 4.78 is 1.50. The molecular weight excluding hydrogens is 555 g/mol. The molecule has 212 valence electrons. The third kappa shape index (κ3) is 9.43. The first-order valence-corrected chi connectivity index (χ1v) is 14.3. The maximum absolute atomic E-state index is 11.6. The molecule has 0 spiro atoms. The first-order valence-electron chi connectivity index (χ1n) is 14.3. The minimum atomic E-state index is 0. The van der Waals surface area contributed by atoms with Crippen molar-refractivity contribution in [1.82, 2.24) is 0 Å².